The highest BCUT2D eigenvalue weighted by Crippen LogP contribution is 2.45. The van der Waals surface area contributed by atoms with E-state index in [0.717, 1.165) is 12.1 Å². The standard InChI is InChI=1S/C28H26N2/c1-4-12-21(13-5-1)20-26-27(22-14-6-2-7-15-22)28(29-23-16-8-3-9-17-23)24-18-10-11-19-25(24)30-26/h1-19,26-30H,20H2/t26-,27-,28-/m1/s1. The molecule has 0 radical (unpaired) electrons. The Morgan fingerprint density at radius 2 is 1.23 bits per heavy atom. The molecule has 2 nitrogen and oxygen atoms in total. The minimum atomic E-state index is 0.181. The van der Waals surface area contributed by atoms with Crippen LogP contribution in [0.5, 0.6) is 0 Å². The van der Waals surface area contributed by atoms with Crippen molar-refractivity contribution in [2.75, 3.05) is 10.6 Å². The van der Waals surface area contributed by atoms with Crippen LogP contribution in [0, 0.1) is 0 Å². The van der Waals surface area contributed by atoms with Crippen molar-refractivity contribution >= 4 is 11.4 Å². The Hall–Kier alpha value is -3.52. The van der Waals surface area contributed by atoms with E-state index in [-0.39, 0.29) is 12.1 Å². The molecule has 2 N–H and O–H groups in total. The summed E-state index contributed by atoms with van der Waals surface area (Å²) in [7, 11) is 0. The predicted molar refractivity (Wildman–Crippen MR) is 126 cm³/mol. The Kier molecular flexibility index (Phi) is 5.22. The number of fused-ring (bicyclic) bond motifs is 1. The van der Waals surface area contributed by atoms with Crippen molar-refractivity contribution in [1.82, 2.24) is 0 Å². The third-order valence-electron chi connectivity index (χ3n) is 6.01. The van der Waals surface area contributed by atoms with Gasteiger partial charge in [-0.1, -0.05) is 97.1 Å². The van der Waals surface area contributed by atoms with Crippen LogP contribution in [0.3, 0.4) is 0 Å². The monoisotopic (exact) mass is 390 g/mol. The van der Waals surface area contributed by atoms with E-state index in [0.29, 0.717) is 5.92 Å². The van der Waals surface area contributed by atoms with Crippen molar-refractivity contribution < 1.29 is 0 Å². The number of rotatable bonds is 5. The fourth-order valence-corrected chi connectivity index (χ4v) is 4.64. The number of nitrogens with one attached hydrogen (secondary N) is 2. The Labute approximate surface area is 178 Å². The van der Waals surface area contributed by atoms with Gasteiger partial charge in [-0.25, -0.2) is 0 Å². The Bertz CT molecular complexity index is 1080. The SMILES string of the molecule is c1ccc(C[C@H]2Nc3ccccc3[C@@H](Nc3ccccc3)[C@@H]2c2ccccc2)cc1. The number of hydrogen-bond donors (Lipinski definition) is 2. The van der Waals surface area contributed by atoms with Gasteiger partial charge >= 0.3 is 0 Å². The van der Waals surface area contributed by atoms with Crippen LogP contribution in [-0.4, -0.2) is 6.04 Å². The van der Waals surface area contributed by atoms with E-state index in [1.54, 1.807) is 0 Å². The lowest BCUT2D eigenvalue weighted by Crippen LogP contribution is -2.40. The maximum Gasteiger partial charge on any atom is 0.0622 e. The van der Waals surface area contributed by atoms with Crippen LogP contribution in [0.4, 0.5) is 11.4 Å². The Morgan fingerprint density at radius 1 is 0.633 bits per heavy atom. The molecule has 0 bridgehead atoms. The fourth-order valence-electron chi connectivity index (χ4n) is 4.64. The average Bonchev–Trinajstić information content (AvgIpc) is 2.81. The van der Waals surface area contributed by atoms with Crippen LogP contribution in [0.15, 0.2) is 115 Å². The molecule has 148 valence electrons. The van der Waals surface area contributed by atoms with Crippen LogP contribution >= 0.6 is 0 Å². The largest absolute Gasteiger partial charge is 0.381 e. The van der Waals surface area contributed by atoms with E-state index in [9.17, 15) is 0 Å². The van der Waals surface area contributed by atoms with Crippen LogP contribution in [0.2, 0.25) is 0 Å². The van der Waals surface area contributed by atoms with Crippen LogP contribution in [0.25, 0.3) is 0 Å². The highest BCUT2D eigenvalue weighted by Gasteiger charge is 2.37. The maximum atomic E-state index is 3.87. The zero-order valence-electron chi connectivity index (χ0n) is 16.9. The van der Waals surface area contributed by atoms with Crippen molar-refractivity contribution in [2.24, 2.45) is 0 Å². The number of anilines is 2. The van der Waals surface area contributed by atoms with E-state index in [1.165, 1.54) is 22.4 Å². The first-order valence-electron chi connectivity index (χ1n) is 10.6. The third kappa shape index (κ3) is 3.81. The summed E-state index contributed by atoms with van der Waals surface area (Å²) in [4.78, 5) is 0. The second kappa shape index (κ2) is 8.46. The quantitative estimate of drug-likeness (QED) is 0.398. The third-order valence-corrected chi connectivity index (χ3v) is 6.01. The highest BCUT2D eigenvalue weighted by molar-refractivity contribution is 5.61. The van der Waals surface area contributed by atoms with Gasteiger partial charge in [-0.3, -0.25) is 0 Å². The summed E-state index contributed by atoms with van der Waals surface area (Å²) in [6.45, 7) is 0. The summed E-state index contributed by atoms with van der Waals surface area (Å²) >= 11 is 0. The molecule has 0 fully saturated rings. The van der Waals surface area contributed by atoms with Crippen molar-refractivity contribution in [2.45, 2.75) is 24.4 Å². The maximum absolute atomic E-state index is 3.87. The van der Waals surface area contributed by atoms with Gasteiger partial charge in [0.15, 0.2) is 0 Å². The van der Waals surface area contributed by atoms with Gasteiger partial charge in [0.25, 0.3) is 0 Å². The van der Waals surface area contributed by atoms with Gasteiger partial charge < -0.3 is 10.6 Å². The van der Waals surface area contributed by atoms with E-state index >= 15 is 0 Å². The van der Waals surface area contributed by atoms with Crippen molar-refractivity contribution in [3.05, 3.63) is 132 Å². The molecular weight excluding hydrogens is 364 g/mol. The van der Waals surface area contributed by atoms with Crippen LogP contribution in [0.1, 0.15) is 28.7 Å². The molecule has 0 unspecified atom stereocenters. The van der Waals surface area contributed by atoms with E-state index in [2.05, 4.69) is 126 Å². The summed E-state index contributed by atoms with van der Waals surface area (Å²) in [6.07, 6.45) is 0.974. The molecule has 0 aliphatic carbocycles. The lowest BCUT2D eigenvalue weighted by Gasteiger charge is -2.42. The van der Waals surface area contributed by atoms with Crippen molar-refractivity contribution in [3.63, 3.8) is 0 Å². The van der Waals surface area contributed by atoms with E-state index < -0.39 is 0 Å². The minimum absolute atomic E-state index is 0.181. The van der Waals surface area contributed by atoms with Gasteiger partial charge in [0.05, 0.1) is 6.04 Å². The summed E-state index contributed by atoms with van der Waals surface area (Å²) in [5.74, 6) is 0.293. The summed E-state index contributed by atoms with van der Waals surface area (Å²) < 4.78 is 0. The van der Waals surface area contributed by atoms with Crippen molar-refractivity contribution in [1.29, 1.82) is 0 Å². The van der Waals surface area contributed by atoms with Gasteiger partial charge in [-0.2, -0.15) is 0 Å². The molecule has 0 saturated carbocycles. The molecule has 0 saturated heterocycles. The number of hydrogen-bond acceptors (Lipinski definition) is 2. The van der Waals surface area contributed by atoms with Gasteiger partial charge in [-0.05, 0) is 41.3 Å². The fraction of sp³-hybridized carbons (Fsp3) is 0.143. The Morgan fingerprint density at radius 3 is 1.97 bits per heavy atom. The predicted octanol–water partition coefficient (Wildman–Crippen LogP) is 6.66. The topological polar surface area (TPSA) is 24.1 Å². The molecule has 2 heteroatoms. The summed E-state index contributed by atoms with van der Waals surface area (Å²) in [5, 5.41) is 7.73. The molecule has 1 heterocycles. The lowest BCUT2D eigenvalue weighted by molar-refractivity contribution is 0.479. The molecule has 0 aromatic heterocycles. The van der Waals surface area contributed by atoms with Gasteiger partial charge in [0, 0.05) is 23.3 Å². The molecule has 1 aliphatic rings. The number of para-hydroxylation sites is 2. The molecule has 1 aliphatic heterocycles. The Balaban J connectivity index is 1.60. The molecule has 0 spiro atoms. The summed E-state index contributed by atoms with van der Waals surface area (Å²) in [6, 6.07) is 41.4. The van der Waals surface area contributed by atoms with Crippen molar-refractivity contribution in [3.8, 4) is 0 Å². The molecule has 5 rings (SSSR count). The zero-order chi connectivity index (χ0) is 20.2. The highest BCUT2D eigenvalue weighted by atomic mass is 15.0. The molecule has 30 heavy (non-hydrogen) atoms. The molecule has 4 aromatic rings. The van der Waals surface area contributed by atoms with E-state index in [4.69, 9.17) is 0 Å². The summed E-state index contributed by atoms with van der Waals surface area (Å²) in [5.41, 5.74) is 6.40. The van der Waals surface area contributed by atoms with Crippen LogP contribution < -0.4 is 10.6 Å². The lowest BCUT2D eigenvalue weighted by atomic mass is 9.76. The molecule has 4 aromatic carbocycles. The molecule has 3 atom stereocenters. The molecule has 0 amide bonds. The first-order chi connectivity index (χ1) is 14.9. The molecular formula is C28H26N2. The van der Waals surface area contributed by atoms with E-state index in [1.807, 2.05) is 0 Å². The minimum Gasteiger partial charge on any atom is -0.381 e. The first-order valence-corrected chi connectivity index (χ1v) is 10.6. The van der Waals surface area contributed by atoms with Gasteiger partial charge in [0.2, 0.25) is 0 Å². The normalized spacial score (nSPS) is 20.1. The second-order valence-electron chi connectivity index (χ2n) is 7.95. The number of benzene rings is 4. The first kappa shape index (κ1) is 18.5. The second-order valence-corrected chi connectivity index (χ2v) is 7.95. The van der Waals surface area contributed by atoms with Crippen LogP contribution in [-0.2, 0) is 6.42 Å². The average molecular weight is 391 g/mol. The smallest absolute Gasteiger partial charge is 0.0622 e. The zero-order valence-corrected chi connectivity index (χ0v) is 16.9. The van der Waals surface area contributed by atoms with Gasteiger partial charge in [-0.15, -0.1) is 0 Å². The van der Waals surface area contributed by atoms with Gasteiger partial charge in [0.1, 0.15) is 0 Å².